The Morgan fingerprint density at radius 3 is 2.46 bits per heavy atom. The van der Waals surface area contributed by atoms with Crippen molar-refractivity contribution in [3.05, 3.63) is 23.8 Å². The smallest absolute Gasteiger partial charge is 0.244 e. The van der Waals surface area contributed by atoms with Crippen LogP contribution in [-0.2, 0) is 9.53 Å². The number of carbonyl (C=O) groups is 1. The molecule has 1 aliphatic rings. The molecular weight excluding hydrogens is 338 g/mol. The molecule has 1 amide bonds. The van der Waals surface area contributed by atoms with Gasteiger partial charge in [0.15, 0.2) is 11.5 Å². The molecule has 0 saturated carbocycles. The molecule has 1 heterocycles. The Bertz CT molecular complexity index is 616. The molecule has 1 fully saturated rings. The minimum atomic E-state index is -0.566. The number of aliphatic hydroxyl groups excluding tert-OH is 1. The Balaban J connectivity index is 1.97. The summed E-state index contributed by atoms with van der Waals surface area (Å²) in [5.74, 6) is 0.179. The summed E-state index contributed by atoms with van der Waals surface area (Å²) >= 11 is 0. The quantitative estimate of drug-likeness (QED) is 0.578. The van der Waals surface area contributed by atoms with E-state index in [2.05, 4.69) is 5.32 Å². The molecule has 1 aromatic rings. The number of carbonyl (C=O) groups excluding carboxylic acids is 1. The van der Waals surface area contributed by atoms with Gasteiger partial charge in [0.2, 0.25) is 11.7 Å². The molecule has 144 valence electrons. The number of phenols is 1. The zero-order valence-corrected chi connectivity index (χ0v) is 15.4. The van der Waals surface area contributed by atoms with Gasteiger partial charge in [0.1, 0.15) is 0 Å². The molecule has 3 unspecified atom stereocenters. The van der Waals surface area contributed by atoms with Gasteiger partial charge in [-0.15, -0.1) is 0 Å². The topological polar surface area (TPSA) is 97.3 Å². The number of rotatable bonds is 9. The van der Waals surface area contributed by atoms with E-state index >= 15 is 0 Å². The van der Waals surface area contributed by atoms with Crippen LogP contribution >= 0.6 is 0 Å². The monoisotopic (exact) mass is 365 g/mol. The van der Waals surface area contributed by atoms with E-state index in [9.17, 15) is 15.0 Å². The van der Waals surface area contributed by atoms with Crippen LogP contribution in [0, 0.1) is 0 Å². The van der Waals surface area contributed by atoms with Crippen LogP contribution in [0.15, 0.2) is 18.2 Å². The Kier molecular flexibility index (Phi) is 7.29. The molecule has 0 bridgehead atoms. The molecule has 3 N–H and O–H groups in total. The van der Waals surface area contributed by atoms with Crippen molar-refractivity contribution in [1.29, 1.82) is 0 Å². The molecule has 0 spiro atoms. The van der Waals surface area contributed by atoms with Crippen LogP contribution in [0.25, 0.3) is 6.08 Å². The van der Waals surface area contributed by atoms with E-state index in [4.69, 9.17) is 14.2 Å². The van der Waals surface area contributed by atoms with Crippen LogP contribution < -0.4 is 14.8 Å². The van der Waals surface area contributed by atoms with Crippen molar-refractivity contribution in [2.75, 3.05) is 20.8 Å². The van der Waals surface area contributed by atoms with Crippen molar-refractivity contribution in [3.63, 3.8) is 0 Å². The van der Waals surface area contributed by atoms with Gasteiger partial charge in [-0.05, 0) is 43.0 Å². The number of benzene rings is 1. The number of hydrogen-bond donors (Lipinski definition) is 3. The average molecular weight is 365 g/mol. The number of nitrogens with one attached hydrogen (secondary N) is 1. The standard InChI is InChI=1S/C19H27NO6/c1-4-13(11-14(21)15-7-8-26-15)20-18(22)6-5-12-9-16(24-2)19(23)17(10-12)25-3/h5-6,9-10,13-15,21,23H,4,7-8,11H2,1-3H3,(H,20,22). The highest BCUT2D eigenvalue weighted by Crippen LogP contribution is 2.37. The highest BCUT2D eigenvalue weighted by atomic mass is 16.5. The van der Waals surface area contributed by atoms with Gasteiger partial charge in [-0.3, -0.25) is 4.79 Å². The van der Waals surface area contributed by atoms with Gasteiger partial charge in [-0.2, -0.15) is 0 Å². The van der Waals surface area contributed by atoms with Crippen LogP contribution in [0.1, 0.15) is 31.7 Å². The van der Waals surface area contributed by atoms with Crippen molar-refractivity contribution >= 4 is 12.0 Å². The second-order valence-electron chi connectivity index (χ2n) is 6.22. The van der Waals surface area contributed by atoms with Gasteiger partial charge in [-0.1, -0.05) is 6.92 Å². The maximum Gasteiger partial charge on any atom is 0.244 e. The van der Waals surface area contributed by atoms with Gasteiger partial charge >= 0.3 is 0 Å². The summed E-state index contributed by atoms with van der Waals surface area (Å²) < 4.78 is 15.5. The zero-order valence-electron chi connectivity index (χ0n) is 15.4. The molecule has 0 radical (unpaired) electrons. The van der Waals surface area contributed by atoms with Gasteiger partial charge in [0, 0.05) is 18.7 Å². The van der Waals surface area contributed by atoms with Gasteiger partial charge in [-0.25, -0.2) is 0 Å². The summed E-state index contributed by atoms with van der Waals surface area (Å²) in [6, 6.07) is 3.09. The lowest BCUT2D eigenvalue weighted by Crippen LogP contribution is -2.43. The van der Waals surface area contributed by atoms with Crippen LogP contribution in [0.3, 0.4) is 0 Å². The van der Waals surface area contributed by atoms with Crippen molar-refractivity contribution in [2.45, 2.75) is 44.4 Å². The fourth-order valence-electron chi connectivity index (χ4n) is 2.76. The molecule has 0 aromatic heterocycles. The predicted molar refractivity (Wildman–Crippen MR) is 97.4 cm³/mol. The van der Waals surface area contributed by atoms with Gasteiger partial charge < -0.3 is 29.7 Å². The van der Waals surface area contributed by atoms with E-state index in [-0.39, 0.29) is 35.3 Å². The molecule has 26 heavy (non-hydrogen) atoms. The van der Waals surface area contributed by atoms with E-state index in [1.807, 2.05) is 6.92 Å². The SMILES string of the molecule is CCC(CC(O)C1CCO1)NC(=O)C=Cc1cc(OC)c(O)c(OC)c1. The van der Waals surface area contributed by atoms with Crippen LogP contribution in [0.5, 0.6) is 17.2 Å². The number of hydrogen-bond acceptors (Lipinski definition) is 6. The number of methoxy groups -OCH3 is 2. The van der Waals surface area contributed by atoms with Crippen LogP contribution in [-0.4, -0.2) is 55.2 Å². The highest BCUT2D eigenvalue weighted by Gasteiger charge is 2.28. The lowest BCUT2D eigenvalue weighted by molar-refractivity contribution is -0.124. The average Bonchev–Trinajstić information content (AvgIpc) is 2.58. The third kappa shape index (κ3) is 5.12. The first kappa shape index (κ1) is 20.1. The van der Waals surface area contributed by atoms with Crippen molar-refractivity contribution in [1.82, 2.24) is 5.32 Å². The first-order chi connectivity index (χ1) is 12.5. The molecule has 0 aliphatic carbocycles. The molecule has 1 saturated heterocycles. The number of amides is 1. The zero-order chi connectivity index (χ0) is 19.1. The molecule has 1 aliphatic heterocycles. The van der Waals surface area contributed by atoms with Crippen molar-refractivity contribution in [2.24, 2.45) is 0 Å². The van der Waals surface area contributed by atoms with Crippen molar-refractivity contribution < 1.29 is 29.2 Å². The summed E-state index contributed by atoms with van der Waals surface area (Å²) in [7, 11) is 2.88. The molecule has 2 rings (SSSR count). The summed E-state index contributed by atoms with van der Waals surface area (Å²) in [5.41, 5.74) is 0.655. The van der Waals surface area contributed by atoms with E-state index in [1.165, 1.54) is 20.3 Å². The maximum absolute atomic E-state index is 12.2. The summed E-state index contributed by atoms with van der Waals surface area (Å²) in [4.78, 5) is 12.2. The minimum Gasteiger partial charge on any atom is -0.502 e. The number of phenolic OH excluding ortho intramolecular Hbond substituents is 1. The molecule has 3 atom stereocenters. The second-order valence-corrected chi connectivity index (χ2v) is 6.22. The van der Waals surface area contributed by atoms with Gasteiger partial charge in [0.05, 0.1) is 26.4 Å². The lowest BCUT2D eigenvalue weighted by atomic mass is 9.98. The molecule has 7 heteroatoms. The summed E-state index contributed by atoms with van der Waals surface area (Å²) in [6.45, 7) is 2.64. The Labute approximate surface area is 153 Å². The maximum atomic E-state index is 12.2. The number of aliphatic hydroxyl groups is 1. The van der Waals surface area contributed by atoms with E-state index in [0.717, 1.165) is 6.42 Å². The fourth-order valence-corrected chi connectivity index (χ4v) is 2.76. The third-order valence-electron chi connectivity index (χ3n) is 4.46. The molecule has 1 aromatic carbocycles. The van der Waals surface area contributed by atoms with E-state index in [1.54, 1.807) is 18.2 Å². The lowest BCUT2D eigenvalue weighted by Gasteiger charge is -2.32. The number of ether oxygens (including phenoxy) is 3. The summed E-state index contributed by atoms with van der Waals surface area (Å²) in [6.07, 6.45) is 4.36. The minimum absolute atomic E-state index is 0.0881. The number of aromatic hydroxyl groups is 1. The second kappa shape index (κ2) is 9.45. The Morgan fingerprint density at radius 2 is 2.00 bits per heavy atom. The Hall–Kier alpha value is -2.25. The fraction of sp³-hybridized carbons (Fsp3) is 0.526. The molecule has 7 nitrogen and oxygen atoms in total. The molecular formula is C19H27NO6. The van der Waals surface area contributed by atoms with Gasteiger partial charge in [0.25, 0.3) is 0 Å². The largest absolute Gasteiger partial charge is 0.502 e. The summed E-state index contributed by atoms with van der Waals surface area (Å²) in [5, 5.41) is 22.9. The normalized spacial score (nSPS) is 18.8. The van der Waals surface area contributed by atoms with E-state index in [0.29, 0.717) is 25.0 Å². The predicted octanol–water partition coefficient (Wildman–Crippen LogP) is 1.86. The third-order valence-corrected chi connectivity index (χ3v) is 4.46. The van der Waals surface area contributed by atoms with Crippen molar-refractivity contribution in [3.8, 4) is 17.2 Å². The highest BCUT2D eigenvalue weighted by molar-refractivity contribution is 5.92. The van der Waals surface area contributed by atoms with E-state index < -0.39 is 6.10 Å². The van der Waals surface area contributed by atoms with Crippen LogP contribution in [0.4, 0.5) is 0 Å². The first-order valence-corrected chi connectivity index (χ1v) is 8.71. The van der Waals surface area contributed by atoms with Crippen LogP contribution in [0.2, 0.25) is 0 Å². The Morgan fingerprint density at radius 1 is 1.38 bits per heavy atom. The first-order valence-electron chi connectivity index (χ1n) is 8.71.